The van der Waals surface area contributed by atoms with Crippen LogP contribution in [0.1, 0.15) is 214 Å². The van der Waals surface area contributed by atoms with Crippen LogP contribution < -0.4 is 51.4 Å². The number of rotatable bonds is 35. The predicted molar refractivity (Wildman–Crippen MR) is 214 cm³/mol. The van der Waals surface area contributed by atoms with Gasteiger partial charge in [-0.25, -0.2) is 18.0 Å². The standard InChI is InChI=1S/C44H74O7S.K/c1-3-5-7-9-11-13-15-17-19-21-23-25-27-29-31-33-38-50-43(45)40-36-35-37-41(52(47,48)49)42(40)44(46)51-39-34-32-30-28-26-24-22-20-18-16-14-12-10-8-6-4-2;/h21-24,35-37H,3-20,25-34,38-39H2,1-2H3,(H,47,48,49);/q;+1/p-1/b23-21+,24-22+;. The van der Waals surface area contributed by atoms with E-state index < -0.39 is 32.5 Å². The molecule has 1 aromatic rings. The van der Waals surface area contributed by atoms with E-state index in [4.69, 9.17) is 9.47 Å². The van der Waals surface area contributed by atoms with Crippen LogP contribution in [0.15, 0.2) is 47.4 Å². The number of hydrogen-bond donors (Lipinski definition) is 0. The summed E-state index contributed by atoms with van der Waals surface area (Å²) in [6.45, 7) is 4.71. The number of benzene rings is 1. The maximum atomic E-state index is 13.0. The van der Waals surface area contributed by atoms with Crippen molar-refractivity contribution in [1.82, 2.24) is 0 Å². The normalized spacial score (nSPS) is 11.7. The molecule has 0 aliphatic carbocycles. The van der Waals surface area contributed by atoms with Gasteiger partial charge in [0.1, 0.15) is 10.1 Å². The molecule has 0 amide bonds. The monoisotopic (exact) mass is 784 g/mol. The summed E-state index contributed by atoms with van der Waals surface area (Å²) in [5.74, 6) is -1.84. The van der Waals surface area contributed by atoms with Crippen molar-refractivity contribution in [3.8, 4) is 0 Å². The van der Waals surface area contributed by atoms with Crippen molar-refractivity contribution < 1.29 is 83.4 Å². The third-order valence-electron chi connectivity index (χ3n) is 9.50. The molecule has 0 unspecified atom stereocenters. The van der Waals surface area contributed by atoms with E-state index in [1.54, 1.807) is 0 Å². The van der Waals surface area contributed by atoms with Crippen LogP contribution in [-0.2, 0) is 19.6 Å². The number of hydrogen-bond acceptors (Lipinski definition) is 7. The van der Waals surface area contributed by atoms with Crippen LogP contribution in [0.4, 0.5) is 0 Å². The number of carbonyl (C=O) groups excluding carboxylic acids is 2. The van der Waals surface area contributed by atoms with Gasteiger partial charge in [0.15, 0.2) is 0 Å². The first kappa shape index (κ1) is 52.2. The Bertz CT molecular complexity index is 1210. The zero-order valence-electron chi connectivity index (χ0n) is 34.0. The van der Waals surface area contributed by atoms with Crippen molar-refractivity contribution in [2.24, 2.45) is 0 Å². The summed E-state index contributed by atoms with van der Waals surface area (Å²) in [6.07, 6.45) is 41.8. The first-order valence-corrected chi connectivity index (χ1v) is 22.5. The third-order valence-corrected chi connectivity index (χ3v) is 10.4. The second-order valence-corrected chi connectivity index (χ2v) is 15.6. The minimum atomic E-state index is -5.02. The van der Waals surface area contributed by atoms with Gasteiger partial charge in [0, 0.05) is 0 Å². The minimum absolute atomic E-state index is 0. The number of esters is 2. The summed E-state index contributed by atoms with van der Waals surface area (Å²) >= 11 is 0. The average molecular weight is 785 g/mol. The molecule has 7 nitrogen and oxygen atoms in total. The molecule has 0 aliphatic heterocycles. The van der Waals surface area contributed by atoms with Gasteiger partial charge in [-0.15, -0.1) is 0 Å². The van der Waals surface area contributed by atoms with Crippen LogP contribution in [-0.4, -0.2) is 38.1 Å². The molecule has 0 saturated heterocycles. The van der Waals surface area contributed by atoms with Gasteiger partial charge in [-0.3, -0.25) is 0 Å². The SMILES string of the molecule is CCCCCCCCCC/C=C/CCCCCCOC(=O)c1cccc(S(=O)(=O)[O-])c1C(=O)OCCCCCC/C=C/CCCCCCCCCC.[K+]. The van der Waals surface area contributed by atoms with Gasteiger partial charge in [-0.1, -0.05) is 160 Å². The van der Waals surface area contributed by atoms with E-state index in [0.29, 0.717) is 12.8 Å². The van der Waals surface area contributed by atoms with E-state index >= 15 is 0 Å². The molecule has 298 valence electrons. The number of ether oxygens (including phenoxy) is 2. The van der Waals surface area contributed by atoms with Gasteiger partial charge in [0.25, 0.3) is 0 Å². The zero-order valence-corrected chi connectivity index (χ0v) is 38.0. The van der Waals surface area contributed by atoms with Crippen LogP contribution in [0.5, 0.6) is 0 Å². The van der Waals surface area contributed by atoms with E-state index in [-0.39, 0.29) is 70.2 Å². The molecule has 0 aromatic heterocycles. The fourth-order valence-corrected chi connectivity index (χ4v) is 6.99. The Labute approximate surface area is 367 Å². The number of carbonyl (C=O) groups is 2. The van der Waals surface area contributed by atoms with Crippen molar-refractivity contribution >= 4 is 22.1 Å². The largest absolute Gasteiger partial charge is 1.00 e. The predicted octanol–water partition coefficient (Wildman–Crippen LogP) is 9.98. The van der Waals surface area contributed by atoms with Gasteiger partial charge in [-0.2, -0.15) is 0 Å². The topological polar surface area (TPSA) is 110 Å². The summed E-state index contributed by atoms with van der Waals surface area (Å²) in [5, 5.41) is 0. The van der Waals surface area contributed by atoms with E-state index in [0.717, 1.165) is 70.3 Å². The van der Waals surface area contributed by atoms with Crippen LogP contribution in [0.25, 0.3) is 0 Å². The van der Waals surface area contributed by atoms with Crippen LogP contribution in [0.2, 0.25) is 0 Å². The van der Waals surface area contributed by atoms with Crippen molar-refractivity contribution in [2.45, 2.75) is 199 Å². The van der Waals surface area contributed by atoms with Gasteiger partial charge in [0.2, 0.25) is 0 Å². The van der Waals surface area contributed by atoms with Gasteiger partial charge >= 0.3 is 63.3 Å². The fraction of sp³-hybridized carbons (Fsp3) is 0.727. The smallest absolute Gasteiger partial charge is 0.744 e. The van der Waals surface area contributed by atoms with Crippen molar-refractivity contribution in [3.63, 3.8) is 0 Å². The molecule has 0 saturated carbocycles. The molecule has 9 heteroatoms. The molecule has 0 heterocycles. The molecular weight excluding hydrogens is 712 g/mol. The van der Waals surface area contributed by atoms with Gasteiger partial charge in [-0.05, 0) is 76.3 Å². The number of allylic oxidation sites excluding steroid dienone is 4. The van der Waals surface area contributed by atoms with Crippen molar-refractivity contribution in [2.75, 3.05) is 13.2 Å². The summed E-state index contributed by atoms with van der Waals surface area (Å²) in [5.41, 5.74) is -0.801. The Balaban J connectivity index is 0.0000270. The summed E-state index contributed by atoms with van der Waals surface area (Å²) in [6, 6.07) is 3.60. The third kappa shape index (κ3) is 29.1. The Morgan fingerprint density at radius 2 is 0.868 bits per heavy atom. The fourth-order valence-electron chi connectivity index (χ4n) is 6.30. The van der Waals surface area contributed by atoms with Crippen LogP contribution >= 0.6 is 0 Å². The minimum Gasteiger partial charge on any atom is -0.744 e. The maximum absolute atomic E-state index is 13.0. The Morgan fingerprint density at radius 1 is 0.528 bits per heavy atom. The van der Waals surface area contributed by atoms with Gasteiger partial charge < -0.3 is 14.0 Å². The second kappa shape index (κ2) is 36.8. The first-order chi connectivity index (χ1) is 25.3. The Hall–Kier alpha value is -0.814. The Morgan fingerprint density at radius 3 is 1.25 bits per heavy atom. The van der Waals surface area contributed by atoms with Gasteiger partial charge in [0.05, 0.1) is 29.2 Å². The maximum Gasteiger partial charge on any atom is 1.00 e. The summed E-state index contributed by atoms with van der Waals surface area (Å²) < 4.78 is 46.6. The van der Waals surface area contributed by atoms with E-state index in [9.17, 15) is 22.6 Å². The molecular formula is C44H73KO7S. The first-order valence-electron chi connectivity index (χ1n) is 21.1. The molecule has 0 aliphatic rings. The molecule has 53 heavy (non-hydrogen) atoms. The van der Waals surface area contributed by atoms with Crippen LogP contribution in [0, 0.1) is 0 Å². The van der Waals surface area contributed by atoms with E-state index in [2.05, 4.69) is 38.2 Å². The summed E-state index contributed by atoms with van der Waals surface area (Å²) in [4.78, 5) is 25.1. The van der Waals surface area contributed by atoms with E-state index in [1.807, 2.05) is 0 Å². The molecule has 0 atom stereocenters. The molecule has 1 rings (SSSR count). The van der Waals surface area contributed by atoms with Crippen LogP contribution in [0.3, 0.4) is 0 Å². The Kier molecular flexibility index (Phi) is 36.2. The molecule has 1 aromatic carbocycles. The summed E-state index contributed by atoms with van der Waals surface area (Å²) in [7, 11) is -5.02. The molecule has 0 radical (unpaired) electrons. The molecule has 0 fully saturated rings. The molecule has 0 N–H and O–H groups in total. The molecule has 0 bridgehead atoms. The second-order valence-electron chi connectivity index (χ2n) is 14.3. The van der Waals surface area contributed by atoms with E-state index in [1.165, 1.54) is 115 Å². The van der Waals surface area contributed by atoms with Crippen molar-refractivity contribution in [3.05, 3.63) is 53.6 Å². The quantitative estimate of drug-likeness (QED) is 0.0222. The number of unbranched alkanes of at least 4 members (excludes halogenated alkanes) is 24. The van der Waals surface area contributed by atoms with Crippen molar-refractivity contribution in [1.29, 1.82) is 0 Å². The molecule has 0 spiro atoms. The average Bonchev–Trinajstić information content (AvgIpc) is 3.13. The zero-order chi connectivity index (χ0) is 38.0.